The minimum absolute atomic E-state index is 0.0320. The molecule has 0 aromatic carbocycles. The first-order valence-corrected chi connectivity index (χ1v) is 7.86. The molecule has 4 atom stereocenters. The molecule has 3 nitrogen and oxygen atoms in total. The van der Waals surface area contributed by atoms with Crippen LogP contribution in [0.25, 0.3) is 0 Å². The van der Waals surface area contributed by atoms with Gasteiger partial charge >= 0.3 is 0 Å². The van der Waals surface area contributed by atoms with Gasteiger partial charge in [0.15, 0.2) is 0 Å². The van der Waals surface area contributed by atoms with E-state index < -0.39 is 0 Å². The highest BCUT2D eigenvalue weighted by Gasteiger charge is 2.45. The van der Waals surface area contributed by atoms with E-state index in [0.717, 1.165) is 18.4 Å². The molecular formula is C14H23N3S. The predicted molar refractivity (Wildman–Crippen MR) is 75.4 cm³/mol. The zero-order valence-electron chi connectivity index (χ0n) is 11.2. The second-order valence-electron chi connectivity index (χ2n) is 6.42. The number of hydrogen-bond acceptors (Lipinski definition) is 4. The summed E-state index contributed by atoms with van der Waals surface area (Å²) in [5.41, 5.74) is 6.33. The lowest BCUT2D eigenvalue weighted by molar-refractivity contribution is 0.250. The van der Waals surface area contributed by atoms with E-state index in [0.29, 0.717) is 12.0 Å². The van der Waals surface area contributed by atoms with Gasteiger partial charge in [0, 0.05) is 24.2 Å². The predicted octanol–water partition coefficient (Wildman–Crippen LogP) is 2.34. The molecule has 2 bridgehead atoms. The molecule has 1 heterocycles. The van der Waals surface area contributed by atoms with Crippen molar-refractivity contribution in [2.45, 2.75) is 44.7 Å². The van der Waals surface area contributed by atoms with E-state index in [-0.39, 0.29) is 5.54 Å². The summed E-state index contributed by atoms with van der Waals surface area (Å²) in [5, 5.41) is 6.90. The Kier molecular flexibility index (Phi) is 3.20. The highest BCUT2D eigenvalue weighted by molar-refractivity contribution is 7.09. The fraction of sp³-hybridized carbons (Fsp3) is 0.786. The Balaban J connectivity index is 1.61. The molecule has 4 heteroatoms. The highest BCUT2D eigenvalue weighted by Crippen LogP contribution is 2.47. The van der Waals surface area contributed by atoms with Crippen LogP contribution in [0.1, 0.15) is 38.1 Å². The van der Waals surface area contributed by atoms with Crippen molar-refractivity contribution < 1.29 is 0 Å². The van der Waals surface area contributed by atoms with Crippen LogP contribution in [-0.4, -0.2) is 17.6 Å². The van der Waals surface area contributed by atoms with Gasteiger partial charge in [-0.15, -0.1) is 11.3 Å². The van der Waals surface area contributed by atoms with E-state index >= 15 is 0 Å². The van der Waals surface area contributed by atoms with E-state index in [9.17, 15) is 0 Å². The quantitative estimate of drug-likeness (QED) is 0.878. The zero-order valence-corrected chi connectivity index (χ0v) is 12.0. The summed E-state index contributed by atoms with van der Waals surface area (Å²) >= 11 is 1.72. The van der Waals surface area contributed by atoms with Gasteiger partial charge in [0.25, 0.3) is 0 Å². The van der Waals surface area contributed by atoms with Crippen molar-refractivity contribution in [3.63, 3.8) is 0 Å². The molecule has 2 fully saturated rings. The van der Waals surface area contributed by atoms with Crippen LogP contribution in [0.2, 0.25) is 0 Å². The van der Waals surface area contributed by atoms with Gasteiger partial charge in [-0.2, -0.15) is 0 Å². The Morgan fingerprint density at radius 3 is 2.83 bits per heavy atom. The number of aromatic nitrogens is 1. The Morgan fingerprint density at radius 1 is 1.44 bits per heavy atom. The van der Waals surface area contributed by atoms with E-state index in [2.05, 4.69) is 24.1 Å². The van der Waals surface area contributed by atoms with Crippen LogP contribution in [0, 0.1) is 17.8 Å². The number of rotatable bonds is 4. The van der Waals surface area contributed by atoms with Crippen LogP contribution < -0.4 is 11.1 Å². The molecule has 2 aliphatic rings. The second kappa shape index (κ2) is 4.58. The number of fused-ring (bicyclic) bond motifs is 2. The summed E-state index contributed by atoms with van der Waals surface area (Å²) < 4.78 is 0. The Hall–Kier alpha value is -0.450. The van der Waals surface area contributed by atoms with Gasteiger partial charge in [-0.1, -0.05) is 0 Å². The molecule has 0 radical (unpaired) electrons. The minimum Gasteiger partial charge on any atom is -0.327 e. The van der Waals surface area contributed by atoms with Crippen LogP contribution in [0.5, 0.6) is 0 Å². The summed E-state index contributed by atoms with van der Waals surface area (Å²) in [7, 11) is 0. The van der Waals surface area contributed by atoms with Gasteiger partial charge in [0.05, 0.1) is 5.54 Å². The van der Waals surface area contributed by atoms with Crippen LogP contribution in [0.15, 0.2) is 11.6 Å². The van der Waals surface area contributed by atoms with E-state index in [1.165, 1.54) is 24.3 Å². The van der Waals surface area contributed by atoms with E-state index in [1.807, 2.05) is 11.6 Å². The molecule has 1 aromatic rings. The lowest BCUT2D eigenvalue weighted by Gasteiger charge is -2.32. The Morgan fingerprint density at radius 2 is 2.22 bits per heavy atom. The summed E-state index contributed by atoms with van der Waals surface area (Å²) in [5.74, 6) is 2.33. The average Bonchev–Trinajstić information content (AvgIpc) is 3.04. The van der Waals surface area contributed by atoms with Crippen molar-refractivity contribution in [2.75, 3.05) is 6.54 Å². The monoisotopic (exact) mass is 265 g/mol. The van der Waals surface area contributed by atoms with Gasteiger partial charge < -0.3 is 11.1 Å². The van der Waals surface area contributed by atoms with Crippen molar-refractivity contribution in [1.29, 1.82) is 0 Å². The van der Waals surface area contributed by atoms with Gasteiger partial charge in [-0.05, 0) is 50.9 Å². The molecule has 0 saturated heterocycles. The Labute approximate surface area is 113 Å². The first-order chi connectivity index (χ1) is 8.58. The topological polar surface area (TPSA) is 50.9 Å². The first-order valence-electron chi connectivity index (χ1n) is 6.98. The number of nitrogens with one attached hydrogen (secondary N) is 1. The van der Waals surface area contributed by atoms with Crippen LogP contribution in [0.3, 0.4) is 0 Å². The molecule has 4 unspecified atom stereocenters. The minimum atomic E-state index is -0.0320. The maximum Gasteiger partial charge on any atom is 0.112 e. The molecule has 2 aliphatic carbocycles. The van der Waals surface area contributed by atoms with Crippen molar-refractivity contribution in [2.24, 2.45) is 23.5 Å². The summed E-state index contributed by atoms with van der Waals surface area (Å²) in [6.45, 7) is 5.46. The van der Waals surface area contributed by atoms with Gasteiger partial charge in [0.1, 0.15) is 5.01 Å². The van der Waals surface area contributed by atoms with Crippen molar-refractivity contribution in [3.05, 3.63) is 16.6 Å². The molecule has 3 rings (SSSR count). The molecule has 0 aliphatic heterocycles. The third kappa shape index (κ3) is 2.10. The summed E-state index contributed by atoms with van der Waals surface area (Å²) in [6, 6.07) is 0.420. The number of thiazole rings is 1. The Bertz CT molecular complexity index is 399. The summed E-state index contributed by atoms with van der Waals surface area (Å²) in [4.78, 5) is 4.42. The van der Waals surface area contributed by atoms with Crippen molar-refractivity contribution in [3.8, 4) is 0 Å². The largest absolute Gasteiger partial charge is 0.327 e. The van der Waals surface area contributed by atoms with Crippen LogP contribution in [-0.2, 0) is 5.54 Å². The molecule has 100 valence electrons. The zero-order chi connectivity index (χ0) is 12.8. The number of nitrogens with zero attached hydrogens (tertiary/aromatic N) is 1. The lowest BCUT2D eigenvalue weighted by atomic mass is 9.84. The van der Waals surface area contributed by atoms with Crippen molar-refractivity contribution >= 4 is 11.3 Å². The SMILES string of the molecule is CC(C)(NCC1C2CCC(C2)C1N)c1nccs1. The van der Waals surface area contributed by atoms with E-state index in [1.54, 1.807) is 11.3 Å². The average molecular weight is 265 g/mol. The van der Waals surface area contributed by atoms with Gasteiger partial charge in [-0.25, -0.2) is 4.98 Å². The second-order valence-corrected chi connectivity index (χ2v) is 7.31. The third-order valence-electron chi connectivity index (χ3n) is 4.90. The number of hydrogen-bond donors (Lipinski definition) is 2. The van der Waals surface area contributed by atoms with E-state index in [4.69, 9.17) is 5.73 Å². The molecule has 0 spiro atoms. The molecular weight excluding hydrogens is 242 g/mol. The fourth-order valence-corrected chi connectivity index (χ4v) is 4.48. The first kappa shape index (κ1) is 12.6. The van der Waals surface area contributed by atoms with Gasteiger partial charge in [0.2, 0.25) is 0 Å². The standard InChI is InChI=1S/C14H23N3S/c1-14(2,13-16-5-6-18-13)17-8-11-9-3-4-10(7-9)12(11)15/h5-6,9-12,17H,3-4,7-8,15H2,1-2H3. The highest BCUT2D eigenvalue weighted by atomic mass is 32.1. The summed E-state index contributed by atoms with van der Waals surface area (Å²) in [6.07, 6.45) is 6.00. The molecule has 2 saturated carbocycles. The molecule has 0 amide bonds. The maximum absolute atomic E-state index is 6.36. The lowest BCUT2D eigenvalue weighted by Crippen LogP contribution is -2.46. The molecule has 3 N–H and O–H groups in total. The fourth-order valence-electron chi connectivity index (χ4n) is 3.74. The molecule has 1 aromatic heterocycles. The van der Waals surface area contributed by atoms with Crippen LogP contribution in [0.4, 0.5) is 0 Å². The van der Waals surface area contributed by atoms with Crippen LogP contribution >= 0.6 is 11.3 Å². The third-order valence-corrected chi connectivity index (χ3v) is 6.00. The number of nitrogens with two attached hydrogens (primary N) is 1. The normalized spacial score (nSPS) is 35.3. The van der Waals surface area contributed by atoms with Gasteiger partial charge in [-0.3, -0.25) is 0 Å². The van der Waals surface area contributed by atoms with Crippen molar-refractivity contribution in [1.82, 2.24) is 10.3 Å². The molecule has 18 heavy (non-hydrogen) atoms. The smallest absolute Gasteiger partial charge is 0.112 e. The maximum atomic E-state index is 6.36.